The van der Waals surface area contributed by atoms with Crippen molar-refractivity contribution < 1.29 is 9.21 Å². The lowest BCUT2D eigenvalue weighted by atomic mass is 10.1. The SMILES string of the molecule is CCN(CC)C(=O)NC(Cc1ccccc1)c1nnc(C)o1. The van der Waals surface area contributed by atoms with E-state index in [0.29, 0.717) is 31.3 Å². The first-order chi connectivity index (χ1) is 10.6. The lowest BCUT2D eigenvalue weighted by Gasteiger charge is -2.23. The zero-order valence-corrected chi connectivity index (χ0v) is 13.2. The summed E-state index contributed by atoms with van der Waals surface area (Å²) in [5, 5.41) is 10.9. The van der Waals surface area contributed by atoms with Crippen molar-refractivity contribution in [1.29, 1.82) is 0 Å². The average molecular weight is 302 g/mol. The normalized spacial score (nSPS) is 12.0. The number of urea groups is 1. The molecule has 22 heavy (non-hydrogen) atoms. The van der Waals surface area contributed by atoms with E-state index in [-0.39, 0.29) is 12.1 Å². The van der Waals surface area contributed by atoms with E-state index in [2.05, 4.69) is 15.5 Å². The molecule has 1 aromatic heterocycles. The molecule has 0 aliphatic carbocycles. The van der Waals surface area contributed by atoms with Gasteiger partial charge in [-0.1, -0.05) is 30.3 Å². The van der Waals surface area contributed by atoms with Gasteiger partial charge in [-0.05, 0) is 19.4 Å². The van der Waals surface area contributed by atoms with Gasteiger partial charge in [-0.2, -0.15) is 0 Å². The lowest BCUT2D eigenvalue weighted by Crippen LogP contribution is -2.42. The molecule has 2 rings (SSSR count). The fraction of sp³-hybridized carbons (Fsp3) is 0.438. The van der Waals surface area contributed by atoms with Crippen LogP contribution in [0.25, 0.3) is 0 Å². The van der Waals surface area contributed by atoms with Crippen molar-refractivity contribution in [3.05, 3.63) is 47.7 Å². The maximum atomic E-state index is 12.3. The first-order valence-corrected chi connectivity index (χ1v) is 7.53. The van der Waals surface area contributed by atoms with Crippen LogP contribution in [0.15, 0.2) is 34.7 Å². The Morgan fingerprint density at radius 1 is 1.23 bits per heavy atom. The molecule has 1 atom stereocenters. The molecule has 2 aromatic rings. The standard InChI is InChI=1S/C16H22N4O2/c1-4-20(5-2)16(21)17-14(15-19-18-12(3)22-15)11-13-9-7-6-8-10-13/h6-10,14H,4-5,11H2,1-3H3,(H,17,21). The quantitative estimate of drug-likeness (QED) is 0.890. The van der Waals surface area contributed by atoms with Gasteiger partial charge in [-0.25, -0.2) is 4.79 Å². The summed E-state index contributed by atoms with van der Waals surface area (Å²) in [7, 11) is 0. The van der Waals surface area contributed by atoms with Crippen LogP contribution in [0.4, 0.5) is 4.79 Å². The largest absolute Gasteiger partial charge is 0.423 e. The van der Waals surface area contributed by atoms with Gasteiger partial charge in [0.2, 0.25) is 11.8 Å². The molecule has 118 valence electrons. The van der Waals surface area contributed by atoms with Gasteiger partial charge in [0.15, 0.2) is 0 Å². The van der Waals surface area contributed by atoms with Gasteiger partial charge in [0.25, 0.3) is 0 Å². The van der Waals surface area contributed by atoms with Crippen molar-refractivity contribution >= 4 is 6.03 Å². The van der Waals surface area contributed by atoms with Crippen LogP contribution in [0.2, 0.25) is 0 Å². The summed E-state index contributed by atoms with van der Waals surface area (Å²) in [6.45, 7) is 6.95. The van der Waals surface area contributed by atoms with Crippen molar-refractivity contribution in [1.82, 2.24) is 20.4 Å². The van der Waals surface area contributed by atoms with Gasteiger partial charge in [0, 0.05) is 26.4 Å². The number of amides is 2. The van der Waals surface area contributed by atoms with E-state index in [4.69, 9.17) is 4.42 Å². The molecular weight excluding hydrogens is 280 g/mol. The number of rotatable bonds is 6. The molecule has 0 bridgehead atoms. The number of carbonyl (C=O) groups is 1. The first kappa shape index (κ1) is 16.0. The second-order valence-electron chi connectivity index (χ2n) is 5.02. The number of nitrogens with zero attached hydrogens (tertiary/aromatic N) is 3. The Labute approximate surface area is 130 Å². The summed E-state index contributed by atoms with van der Waals surface area (Å²) in [4.78, 5) is 14.0. The van der Waals surface area contributed by atoms with Crippen LogP contribution in [-0.4, -0.2) is 34.2 Å². The van der Waals surface area contributed by atoms with E-state index < -0.39 is 0 Å². The third-order valence-electron chi connectivity index (χ3n) is 3.47. The first-order valence-electron chi connectivity index (χ1n) is 7.53. The van der Waals surface area contributed by atoms with Crippen molar-refractivity contribution in [3.63, 3.8) is 0 Å². The van der Waals surface area contributed by atoms with Crippen LogP contribution < -0.4 is 5.32 Å². The van der Waals surface area contributed by atoms with Crippen LogP contribution in [0.5, 0.6) is 0 Å². The highest BCUT2D eigenvalue weighted by molar-refractivity contribution is 5.74. The highest BCUT2D eigenvalue weighted by Gasteiger charge is 2.22. The number of carbonyl (C=O) groups excluding carboxylic acids is 1. The van der Waals surface area contributed by atoms with Crippen LogP contribution in [0, 0.1) is 6.92 Å². The molecule has 1 aromatic carbocycles. The maximum absolute atomic E-state index is 12.3. The zero-order chi connectivity index (χ0) is 15.9. The molecular formula is C16H22N4O2. The number of aromatic nitrogens is 2. The minimum atomic E-state index is -0.336. The van der Waals surface area contributed by atoms with E-state index in [9.17, 15) is 4.79 Å². The van der Waals surface area contributed by atoms with Gasteiger partial charge in [-0.15, -0.1) is 10.2 Å². The zero-order valence-electron chi connectivity index (χ0n) is 13.2. The number of hydrogen-bond acceptors (Lipinski definition) is 4. The van der Waals surface area contributed by atoms with Gasteiger partial charge in [-0.3, -0.25) is 0 Å². The topological polar surface area (TPSA) is 71.3 Å². The molecule has 1 unspecified atom stereocenters. The van der Waals surface area contributed by atoms with Crippen LogP contribution in [0.1, 0.15) is 37.2 Å². The third-order valence-corrected chi connectivity index (χ3v) is 3.47. The Morgan fingerprint density at radius 3 is 2.45 bits per heavy atom. The lowest BCUT2D eigenvalue weighted by molar-refractivity contribution is 0.196. The summed E-state index contributed by atoms with van der Waals surface area (Å²) in [5.41, 5.74) is 1.10. The van der Waals surface area contributed by atoms with Crippen molar-refractivity contribution in [2.45, 2.75) is 33.2 Å². The summed E-state index contributed by atoms with van der Waals surface area (Å²) >= 11 is 0. The fourth-order valence-electron chi connectivity index (χ4n) is 2.25. The molecule has 0 aliphatic heterocycles. The van der Waals surface area contributed by atoms with E-state index in [1.165, 1.54) is 0 Å². The predicted molar refractivity (Wildman–Crippen MR) is 83.4 cm³/mol. The van der Waals surface area contributed by atoms with E-state index >= 15 is 0 Å². The second kappa shape index (κ2) is 7.59. The second-order valence-corrected chi connectivity index (χ2v) is 5.02. The van der Waals surface area contributed by atoms with E-state index in [0.717, 1.165) is 5.56 Å². The molecule has 2 amide bonds. The summed E-state index contributed by atoms with van der Waals surface area (Å²) in [6.07, 6.45) is 0.607. The van der Waals surface area contributed by atoms with Gasteiger partial charge in [0.1, 0.15) is 6.04 Å². The molecule has 0 saturated carbocycles. The molecule has 0 spiro atoms. The molecule has 1 N–H and O–H groups in total. The molecule has 0 saturated heterocycles. The average Bonchev–Trinajstić information content (AvgIpc) is 2.95. The van der Waals surface area contributed by atoms with Gasteiger partial charge in [0.05, 0.1) is 0 Å². The minimum absolute atomic E-state index is 0.123. The number of hydrogen-bond donors (Lipinski definition) is 1. The smallest absolute Gasteiger partial charge is 0.318 e. The highest BCUT2D eigenvalue weighted by atomic mass is 16.4. The van der Waals surface area contributed by atoms with Gasteiger partial charge < -0.3 is 14.6 Å². The van der Waals surface area contributed by atoms with Crippen molar-refractivity contribution in [2.75, 3.05) is 13.1 Å². The van der Waals surface area contributed by atoms with Crippen LogP contribution in [0.3, 0.4) is 0 Å². The number of benzene rings is 1. The number of aryl methyl sites for hydroxylation is 1. The van der Waals surface area contributed by atoms with E-state index in [1.54, 1.807) is 11.8 Å². The highest BCUT2D eigenvalue weighted by Crippen LogP contribution is 2.17. The van der Waals surface area contributed by atoms with Crippen LogP contribution >= 0.6 is 0 Å². The summed E-state index contributed by atoms with van der Waals surface area (Å²) in [5.74, 6) is 0.923. The molecule has 0 aliphatic rings. The monoisotopic (exact) mass is 302 g/mol. The Bertz CT molecular complexity index is 593. The maximum Gasteiger partial charge on any atom is 0.318 e. The van der Waals surface area contributed by atoms with Gasteiger partial charge >= 0.3 is 6.03 Å². The Hall–Kier alpha value is -2.37. The Morgan fingerprint density at radius 2 is 1.91 bits per heavy atom. The molecule has 0 fully saturated rings. The summed E-state index contributed by atoms with van der Waals surface area (Å²) in [6, 6.07) is 9.47. The Kier molecular flexibility index (Phi) is 5.52. The third kappa shape index (κ3) is 4.07. The predicted octanol–water partition coefficient (Wildman–Crippen LogP) is 2.71. The molecule has 0 radical (unpaired) electrons. The number of nitrogens with one attached hydrogen (secondary N) is 1. The Balaban J connectivity index is 2.16. The van der Waals surface area contributed by atoms with Crippen LogP contribution in [-0.2, 0) is 6.42 Å². The molecule has 6 heteroatoms. The molecule has 1 heterocycles. The summed E-state index contributed by atoms with van der Waals surface area (Å²) < 4.78 is 5.51. The molecule has 6 nitrogen and oxygen atoms in total. The minimum Gasteiger partial charge on any atom is -0.423 e. The fourth-order valence-corrected chi connectivity index (χ4v) is 2.25. The van der Waals surface area contributed by atoms with Crippen molar-refractivity contribution in [2.24, 2.45) is 0 Å². The van der Waals surface area contributed by atoms with Crippen molar-refractivity contribution in [3.8, 4) is 0 Å². The van der Waals surface area contributed by atoms with E-state index in [1.807, 2.05) is 44.2 Å².